The summed E-state index contributed by atoms with van der Waals surface area (Å²) >= 11 is 7.90. The van der Waals surface area contributed by atoms with Gasteiger partial charge >= 0.3 is 23.2 Å². The van der Waals surface area contributed by atoms with E-state index in [0.29, 0.717) is 18.7 Å². The molecule has 152 valence electrons. The Kier molecular flexibility index (Phi) is 5.97. The van der Waals surface area contributed by atoms with E-state index in [-0.39, 0.29) is 5.69 Å². The van der Waals surface area contributed by atoms with Gasteiger partial charge in [-0.1, -0.05) is 11.8 Å². The van der Waals surface area contributed by atoms with Gasteiger partial charge in [0.25, 0.3) is 0 Å². The Labute approximate surface area is 181 Å². The average molecular weight is 553 g/mol. The highest BCUT2D eigenvalue weighted by molar-refractivity contribution is 9.11. The number of aromatic amines is 1. The minimum absolute atomic E-state index is 0.197. The Balaban J connectivity index is 2.02. The van der Waals surface area contributed by atoms with Gasteiger partial charge in [-0.3, -0.25) is 4.98 Å². The number of nitrogens with zero attached hydrogens (tertiary/aromatic N) is 2. The van der Waals surface area contributed by atoms with Crippen molar-refractivity contribution in [1.29, 1.82) is 0 Å². The molecule has 0 aliphatic rings. The smallest absolute Gasteiger partial charge is 0.258 e. The van der Waals surface area contributed by atoms with E-state index in [4.69, 9.17) is 0 Å². The van der Waals surface area contributed by atoms with Gasteiger partial charge in [0.15, 0.2) is 0 Å². The molecule has 0 fully saturated rings. The summed E-state index contributed by atoms with van der Waals surface area (Å²) in [7, 11) is 1.23. The van der Waals surface area contributed by atoms with E-state index in [1.807, 2.05) is 4.98 Å². The molecule has 6 nitrogen and oxygen atoms in total. The molecule has 0 saturated heterocycles. The maximum absolute atomic E-state index is 12.7. The van der Waals surface area contributed by atoms with Crippen molar-refractivity contribution in [3.05, 3.63) is 82.4 Å². The van der Waals surface area contributed by atoms with Gasteiger partial charge in [-0.25, -0.2) is 23.5 Å². The molecule has 1 aromatic heterocycles. The van der Waals surface area contributed by atoms with Gasteiger partial charge in [0.1, 0.15) is 0 Å². The third-order valence-corrected chi connectivity index (χ3v) is 6.77. The summed E-state index contributed by atoms with van der Waals surface area (Å²) in [6.45, 7) is 0. The van der Waals surface area contributed by atoms with Crippen LogP contribution in [0.15, 0.2) is 69.5 Å². The lowest BCUT2D eigenvalue weighted by Crippen LogP contribution is -2.47. The third kappa shape index (κ3) is 4.43. The first kappa shape index (κ1) is 21.7. The summed E-state index contributed by atoms with van der Waals surface area (Å²) in [5.74, 6) is 0. The van der Waals surface area contributed by atoms with Crippen LogP contribution in [0.25, 0.3) is 5.69 Å². The van der Waals surface area contributed by atoms with Gasteiger partial charge < -0.3 is 0 Å². The van der Waals surface area contributed by atoms with Crippen LogP contribution in [0.2, 0.25) is 0 Å². The SMILES string of the molecule is Cn1c(=O)[nH]c(=O)n(-c2cc(Br)c(Sc3ccc(C(F)(F)F)cc3)c(Br)c2)c1=O. The molecule has 0 spiro atoms. The van der Waals surface area contributed by atoms with E-state index in [1.165, 1.54) is 43.1 Å². The molecule has 12 heteroatoms. The van der Waals surface area contributed by atoms with Crippen LogP contribution in [0, 0.1) is 0 Å². The first-order valence-electron chi connectivity index (χ1n) is 7.76. The third-order valence-electron chi connectivity index (χ3n) is 3.84. The maximum Gasteiger partial charge on any atom is 0.416 e. The number of hydrogen-bond acceptors (Lipinski definition) is 4. The standard InChI is InChI=1S/C17H10Br2F3N3O3S/c1-24-14(26)23-15(27)25(16(24)28)9-6-11(18)13(12(19)7-9)29-10-4-2-8(3-5-10)17(20,21)22/h2-7H,1H3,(H,23,26,27). The molecule has 3 rings (SSSR count). The van der Waals surface area contributed by atoms with Gasteiger partial charge in [-0.05, 0) is 68.3 Å². The fourth-order valence-corrected chi connectivity index (χ4v) is 4.85. The maximum atomic E-state index is 12.7. The molecule has 0 aliphatic heterocycles. The molecule has 1 N–H and O–H groups in total. The van der Waals surface area contributed by atoms with Crippen LogP contribution >= 0.6 is 43.6 Å². The van der Waals surface area contributed by atoms with Crippen LogP contribution < -0.4 is 17.1 Å². The van der Waals surface area contributed by atoms with Crippen molar-refractivity contribution < 1.29 is 13.2 Å². The summed E-state index contributed by atoms with van der Waals surface area (Å²) in [6.07, 6.45) is -4.41. The van der Waals surface area contributed by atoms with Gasteiger partial charge in [-0.15, -0.1) is 0 Å². The zero-order chi connectivity index (χ0) is 21.5. The molecule has 29 heavy (non-hydrogen) atoms. The Morgan fingerprint density at radius 3 is 2.03 bits per heavy atom. The normalized spacial score (nSPS) is 11.7. The lowest BCUT2D eigenvalue weighted by Gasteiger charge is -2.12. The number of nitrogens with one attached hydrogen (secondary N) is 1. The number of H-pyrrole nitrogens is 1. The lowest BCUT2D eigenvalue weighted by atomic mass is 10.2. The number of halogens is 5. The molecule has 0 unspecified atom stereocenters. The van der Waals surface area contributed by atoms with Crippen molar-refractivity contribution in [3.8, 4) is 5.69 Å². The molecule has 2 aromatic carbocycles. The molecule has 0 amide bonds. The second kappa shape index (κ2) is 8.00. The Morgan fingerprint density at radius 2 is 1.52 bits per heavy atom. The van der Waals surface area contributed by atoms with Crippen molar-refractivity contribution in [3.63, 3.8) is 0 Å². The Morgan fingerprint density at radius 1 is 0.966 bits per heavy atom. The topological polar surface area (TPSA) is 76.9 Å². The Bertz CT molecular complexity index is 1240. The van der Waals surface area contributed by atoms with Crippen LogP contribution in [-0.4, -0.2) is 14.1 Å². The second-order valence-corrected chi connectivity index (χ2v) is 8.57. The van der Waals surface area contributed by atoms with E-state index < -0.39 is 28.8 Å². The van der Waals surface area contributed by atoms with E-state index in [2.05, 4.69) is 31.9 Å². The first-order valence-corrected chi connectivity index (χ1v) is 10.2. The summed E-state index contributed by atoms with van der Waals surface area (Å²) in [6, 6.07) is 7.67. The van der Waals surface area contributed by atoms with Crippen LogP contribution in [0.3, 0.4) is 0 Å². The van der Waals surface area contributed by atoms with Crippen molar-refractivity contribution in [2.75, 3.05) is 0 Å². The predicted molar refractivity (Wildman–Crippen MR) is 109 cm³/mol. The van der Waals surface area contributed by atoms with E-state index in [9.17, 15) is 27.6 Å². The molecule has 1 heterocycles. The second-order valence-electron chi connectivity index (χ2n) is 5.78. The predicted octanol–water partition coefficient (Wildman–Crippen LogP) is 3.92. The van der Waals surface area contributed by atoms with E-state index in [0.717, 1.165) is 21.3 Å². The minimum atomic E-state index is -4.41. The summed E-state index contributed by atoms with van der Waals surface area (Å²) < 4.78 is 40.6. The zero-order valence-electron chi connectivity index (χ0n) is 14.4. The van der Waals surface area contributed by atoms with Gasteiger partial charge in [0.2, 0.25) is 0 Å². The van der Waals surface area contributed by atoms with Crippen LogP contribution in [-0.2, 0) is 13.2 Å². The molecule has 0 aliphatic carbocycles. The Hall–Kier alpha value is -2.05. The largest absolute Gasteiger partial charge is 0.416 e. The van der Waals surface area contributed by atoms with Crippen LogP contribution in [0.1, 0.15) is 5.56 Å². The van der Waals surface area contributed by atoms with E-state index >= 15 is 0 Å². The molecule has 0 radical (unpaired) electrons. The minimum Gasteiger partial charge on any atom is -0.258 e. The van der Waals surface area contributed by atoms with Crippen molar-refractivity contribution >= 4 is 43.6 Å². The zero-order valence-corrected chi connectivity index (χ0v) is 18.4. The quantitative estimate of drug-likeness (QED) is 0.534. The number of aromatic nitrogens is 3. The summed E-state index contributed by atoms with van der Waals surface area (Å²) in [4.78, 5) is 39.1. The van der Waals surface area contributed by atoms with Crippen LogP contribution in [0.5, 0.6) is 0 Å². The van der Waals surface area contributed by atoms with Gasteiger partial charge in [0, 0.05) is 25.8 Å². The highest BCUT2D eigenvalue weighted by atomic mass is 79.9. The number of benzene rings is 2. The van der Waals surface area contributed by atoms with E-state index in [1.54, 1.807) is 0 Å². The number of alkyl halides is 3. The van der Waals surface area contributed by atoms with Crippen molar-refractivity contribution in [2.45, 2.75) is 16.0 Å². The highest BCUT2D eigenvalue weighted by Gasteiger charge is 2.30. The molecular formula is C17H10Br2F3N3O3S. The molecule has 3 aromatic rings. The molecular weight excluding hydrogens is 543 g/mol. The number of rotatable bonds is 3. The van der Waals surface area contributed by atoms with Crippen LogP contribution in [0.4, 0.5) is 13.2 Å². The first-order chi connectivity index (χ1) is 13.5. The van der Waals surface area contributed by atoms with Crippen molar-refractivity contribution in [2.24, 2.45) is 7.05 Å². The van der Waals surface area contributed by atoms with Gasteiger partial charge in [0.05, 0.1) is 11.3 Å². The van der Waals surface area contributed by atoms with Gasteiger partial charge in [-0.2, -0.15) is 13.2 Å². The molecule has 0 bridgehead atoms. The fourth-order valence-electron chi connectivity index (χ4n) is 2.39. The molecule has 0 saturated carbocycles. The highest BCUT2D eigenvalue weighted by Crippen LogP contribution is 2.41. The summed E-state index contributed by atoms with van der Waals surface area (Å²) in [5, 5.41) is 0. The fraction of sp³-hybridized carbons (Fsp3) is 0.118. The average Bonchev–Trinajstić information content (AvgIpc) is 2.62. The number of hydrogen-bond donors (Lipinski definition) is 1. The monoisotopic (exact) mass is 551 g/mol. The lowest BCUT2D eigenvalue weighted by molar-refractivity contribution is -0.137. The molecule has 0 atom stereocenters. The van der Waals surface area contributed by atoms with Crippen molar-refractivity contribution in [1.82, 2.24) is 14.1 Å². The summed E-state index contributed by atoms with van der Waals surface area (Å²) in [5.41, 5.74) is -3.09.